The third kappa shape index (κ3) is 3.89. The van der Waals surface area contributed by atoms with Gasteiger partial charge >= 0.3 is 0 Å². The first-order chi connectivity index (χ1) is 7.83. The van der Waals surface area contributed by atoms with E-state index in [0.717, 1.165) is 13.0 Å². The lowest BCUT2D eigenvalue weighted by atomic mass is 9.93. The number of hydrogen-bond donors (Lipinski definition) is 2. The molecule has 3 heteroatoms. The Hall–Kier alpha value is -0.380. The number of hydrogen-bond acceptors (Lipinski definition) is 3. The molecule has 0 aromatic carbocycles. The van der Waals surface area contributed by atoms with Crippen molar-refractivity contribution in [2.75, 3.05) is 13.2 Å². The maximum absolute atomic E-state index is 8.83. The fourth-order valence-corrected chi connectivity index (χ4v) is 2.96. The van der Waals surface area contributed by atoms with Gasteiger partial charge in [-0.1, -0.05) is 32.8 Å². The van der Waals surface area contributed by atoms with Crippen LogP contribution in [0.25, 0.3) is 0 Å². The van der Waals surface area contributed by atoms with Crippen LogP contribution in [0.4, 0.5) is 0 Å². The molecule has 2 N–H and O–H groups in total. The van der Waals surface area contributed by atoms with Gasteiger partial charge in [-0.15, -0.1) is 11.3 Å². The zero-order chi connectivity index (χ0) is 11.8. The number of thiophene rings is 1. The summed E-state index contributed by atoms with van der Waals surface area (Å²) in [7, 11) is 0. The standard InChI is InChI=1S/C13H23NOS/c1-3-11(4-2)13(14-8-6-9-15)12-7-5-10-16-12/h5,7,10-11,13-15H,3-4,6,8-9H2,1-2H3. The summed E-state index contributed by atoms with van der Waals surface area (Å²) in [6.07, 6.45) is 3.23. The second-order valence-electron chi connectivity index (χ2n) is 4.10. The summed E-state index contributed by atoms with van der Waals surface area (Å²) in [5.74, 6) is 0.692. The molecule has 0 bridgehead atoms. The van der Waals surface area contributed by atoms with Gasteiger partial charge in [-0.2, -0.15) is 0 Å². The SMILES string of the molecule is CCC(CC)C(NCCCO)c1cccs1. The predicted octanol–water partition coefficient (Wildman–Crippen LogP) is 3.20. The normalized spacial score (nSPS) is 13.2. The van der Waals surface area contributed by atoms with E-state index in [1.165, 1.54) is 17.7 Å². The van der Waals surface area contributed by atoms with Crippen LogP contribution in [0, 0.1) is 5.92 Å². The van der Waals surface area contributed by atoms with Crippen molar-refractivity contribution in [1.29, 1.82) is 0 Å². The molecule has 0 saturated heterocycles. The molecule has 1 heterocycles. The minimum atomic E-state index is 0.271. The van der Waals surface area contributed by atoms with Crippen LogP contribution in [0.15, 0.2) is 17.5 Å². The summed E-state index contributed by atoms with van der Waals surface area (Å²) >= 11 is 1.82. The molecule has 1 aromatic heterocycles. The van der Waals surface area contributed by atoms with Gasteiger partial charge in [0.15, 0.2) is 0 Å². The average molecular weight is 241 g/mol. The van der Waals surface area contributed by atoms with E-state index in [9.17, 15) is 0 Å². The molecule has 2 nitrogen and oxygen atoms in total. The third-order valence-electron chi connectivity index (χ3n) is 3.07. The predicted molar refractivity (Wildman–Crippen MR) is 70.8 cm³/mol. The van der Waals surface area contributed by atoms with Gasteiger partial charge < -0.3 is 10.4 Å². The molecule has 0 spiro atoms. The van der Waals surface area contributed by atoms with E-state index in [1.54, 1.807) is 0 Å². The highest BCUT2D eigenvalue weighted by molar-refractivity contribution is 7.10. The van der Waals surface area contributed by atoms with Gasteiger partial charge in [0.1, 0.15) is 0 Å². The van der Waals surface area contributed by atoms with Crippen LogP contribution in [0.2, 0.25) is 0 Å². The first-order valence-corrected chi connectivity index (χ1v) is 7.09. The van der Waals surface area contributed by atoms with Crippen molar-refractivity contribution in [3.8, 4) is 0 Å². The van der Waals surface area contributed by atoms with Gasteiger partial charge in [-0.25, -0.2) is 0 Å². The second kappa shape index (κ2) is 7.82. The molecule has 16 heavy (non-hydrogen) atoms. The van der Waals surface area contributed by atoms with E-state index in [4.69, 9.17) is 5.11 Å². The Morgan fingerprint density at radius 1 is 1.38 bits per heavy atom. The van der Waals surface area contributed by atoms with Crippen LogP contribution >= 0.6 is 11.3 Å². The number of rotatable bonds is 8. The lowest BCUT2D eigenvalue weighted by molar-refractivity contribution is 0.273. The second-order valence-corrected chi connectivity index (χ2v) is 5.08. The molecule has 1 rings (SSSR count). The highest BCUT2D eigenvalue weighted by Crippen LogP contribution is 2.30. The number of aliphatic hydroxyl groups is 1. The molecule has 92 valence electrons. The lowest BCUT2D eigenvalue weighted by Gasteiger charge is -2.25. The Morgan fingerprint density at radius 2 is 2.12 bits per heavy atom. The molecule has 1 unspecified atom stereocenters. The number of aliphatic hydroxyl groups excluding tert-OH is 1. The first kappa shape index (κ1) is 13.7. The van der Waals surface area contributed by atoms with Crippen molar-refractivity contribution in [3.63, 3.8) is 0 Å². The van der Waals surface area contributed by atoms with Gasteiger partial charge in [0, 0.05) is 17.5 Å². The van der Waals surface area contributed by atoms with E-state index < -0.39 is 0 Å². The molecular formula is C13H23NOS. The van der Waals surface area contributed by atoms with Gasteiger partial charge in [0.25, 0.3) is 0 Å². The molecule has 1 atom stereocenters. The first-order valence-electron chi connectivity index (χ1n) is 6.21. The number of nitrogens with one attached hydrogen (secondary N) is 1. The molecule has 0 fully saturated rings. The van der Waals surface area contributed by atoms with Gasteiger partial charge in [-0.05, 0) is 30.3 Å². The topological polar surface area (TPSA) is 32.3 Å². The maximum Gasteiger partial charge on any atom is 0.0443 e. The summed E-state index contributed by atoms with van der Waals surface area (Å²) in [6, 6.07) is 4.78. The summed E-state index contributed by atoms with van der Waals surface area (Å²) < 4.78 is 0. The highest BCUT2D eigenvalue weighted by atomic mass is 32.1. The maximum atomic E-state index is 8.83. The minimum Gasteiger partial charge on any atom is -0.396 e. The Balaban J connectivity index is 2.61. The quantitative estimate of drug-likeness (QED) is 0.685. The van der Waals surface area contributed by atoms with E-state index in [-0.39, 0.29) is 6.61 Å². The average Bonchev–Trinajstić information content (AvgIpc) is 2.82. The largest absolute Gasteiger partial charge is 0.396 e. The monoisotopic (exact) mass is 241 g/mol. The molecule has 0 radical (unpaired) electrons. The zero-order valence-electron chi connectivity index (χ0n) is 10.3. The third-order valence-corrected chi connectivity index (χ3v) is 4.02. The van der Waals surface area contributed by atoms with E-state index in [1.807, 2.05) is 11.3 Å². The highest BCUT2D eigenvalue weighted by Gasteiger charge is 2.20. The van der Waals surface area contributed by atoms with E-state index >= 15 is 0 Å². The Bertz CT molecular complexity index is 257. The molecule has 0 saturated carbocycles. The summed E-state index contributed by atoms with van der Waals surface area (Å²) in [5, 5.41) is 14.5. The summed E-state index contributed by atoms with van der Waals surface area (Å²) in [5.41, 5.74) is 0. The summed E-state index contributed by atoms with van der Waals surface area (Å²) in [6.45, 7) is 5.67. The van der Waals surface area contributed by atoms with Crippen LogP contribution in [0.1, 0.15) is 44.0 Å². The fourth-order valence-electron chi connectivity index (χ4n) is 2.06. The van der Waals surface area contributed by atoms with Crippen LogP contribution in [-0.4, -0.2) is 18.3 Å². The van der Waals surface area contributed by atoms with Crippen molar-refractivity contribution in [1.82, 2.24) is 5.32 Å². The summed E-state index contributed by atoms with van der Waals surface area (Å²) in [4.78, 5) is 1.42. The fraction of sp³-hybridized carbons (Fsp3) is 0.692. The molecule has 0 amide bonds. The van der Waals surface area contributed by atoms with E-state index in [2.05, 4.69) is 36.7 Å². The van der Waals surface area contributed by atoms with Crippen LogP contribution in [0.3, 0.4) is 0 Å². The molecular weight excluding hydrogens is 218 g/mol. The van der Waals surface area contributed by atoms with Crippen LogP contribution in [0.5, 0.6) is 0 Å². The lowest BCUT2D eigenvalue weighted by Crippen LogP contribution is -2.28. The van der Waals surface area contributed by atoms with Gasteiger partial charge in [0.2, 0.25) is 0 Å². The molecule has 1 aromatic rings. The Labute approximate surface area is 103 Å². The zero-order valence-corrected chi connectivity index (χ0v) is 11.1. The van der Waals surface area contributed by atoms with E-state index in [0.29, 0.717) is 12.0 Å². The molecule has 0 aliphatic rings. The molecule has 0 aliphatic carbocycles. The minimum absolute atomic E-state index is 0.271. The van der Waals surface area contributed by atoms with Crippen LogP contribution < -0.4 is 5.32 Å². The van der Waals surface area contributed by atoms with Crippen molar-refractivity contribution in [3.05, 3.63) is 22.4 Å². The van der Waals surface area contributed by atoms with Gasteiger partial charge in [-0.3, -0.25) is 0 Å². The van der Waals surface area contributed by atoms with Crippen molar-refractivity contribution < 1.29 is 5.11 Å². The molecule has 0 aliphatic heterocycles. The Morgan fingerprint density at radius 3 is 2.62 bits per heavy atom. The van der Waals surface area contributed by atoms with Crippen LogP contribution in [-0.2, 0) is 0 Å². The van der Waals surface area contributed by atoms with Crippen molar-refractivity contribution in [2.45, 2.75) is 39.2 Å². The van der Waals surface area contributed by atoms with Crippen molar-refractivity contribution in [2.24, 2.45) is 5.92 Å². The Kier molecular flexibility index (Phi) is 6.69. The van der Waals surface area contributed by atoms with Crippen molar-refractivity contribution >= 4 is 11.3 Å². The van der Waals surface area contributed by atoms with Gasteiger partial charge in [0.05, 0.1) is 0 Å². The smallest absolute Gasteiger partial charge is 0.0443 e.